The van der Waals surface area contributed by atoms with Crippen molar-refractivity contribution in [1.82, 2.24) is 0 Å². The van der Waals surface area contributed by atoms with Crippen LogP contribution in [0.3, 0.4) is 0 Å². The van der Waals surface area contributed by atoms with Gasteiger partial charge in [-0.3, -0.25) is 0 Å². The molecule has 0 heterocycles. The summed E-state index contributed by atoms with van der Waals surface area (Å²) in [5.74, 6) is -3.84. The Balaban J connectivity index is 0. The van der Waals surface area contributed by atoms with E-state index in [2.05, 4.69) is 27.7 Å². The van der Waals surface area contributed by atoms with Crippen molar-refractivity contribution in [3.8, 4) is 0 Å². The molecule has 0 aliphatic heterocycles. The largest absolute Gasteiger partial charge is 0.479 e. The molecule has 0 aromatic rings. The molecule has 4 atom stereocenters. The predicted molar refractivity (Wildman–Crippen MR) is 252 cm³/mol. The van der Waals surface area contributed by atoms with Crippen molar-refractivity contribution in [1.29, 1.82) is 0 Å². The molecule has 0 fully saturated rings. The molecule has 380 valence electrons. The topological polar surface area (TPSA) is 183 Å². The summed E-state index contributed by atoms with van der Waals surface area (Å²) in [7, 11) is 3.01. The minimum atomic E-state index is -1.37. The van der Waals surface area contributed by atoms with Crippen LogP contribution in [0, 0.1) is 0 Å². The van der Waals surface area contributed by atoms with E-state index in [9.17, 15) is 29.4 Å². The summed E-state index contributed by atoms with van der Waals surface area (Å²) in [5.41, 5.74) is 0. The maximum absolute atomic E-state index is 12.5. The van der Waals surface area contributed by atoms with Gasteiger partial charge in [0.15, 0.2) is 24.4 Å². The Bertz CT molecular complexity index is 1040. The summed E-state index contributed by atoms with van der Waals surface area (Å²) in [6, 6.07) is 0. The summed E-state index contributed by atoms with van der Waals surface area (Å²) >= 11 is 0. The number of ether oxygens (including phenoxy) is 8. The number of carboxylic acid groups (broad SMARTS) is 2. The molecule has 0 aliphatic rings. The van der Waals surface area contributed by atoms with E-state index >= 15 is 0 Å². The third kappa shape index (κ3) is 40.0. The molecule has 0 radical (unpaired) electrons. The van der Waals surface area contributed by atoms with Crippen LogP contribution in [-0.2, 0) is 57.1 Å². The zero-order valence-electron chi connectivity index (χ0n) is 41.6. The van der Waals surface area contributed by atoms with Gasteiger partial charge in [-0.25, -0.2) is 19.2 Å². The van der Waals surface area contributed by atoms with Crippen molar-refractivity contribution in [3.05, 3.63) is 0 Å². The number of methoxy groups -OCH3 is 2. The first-order valence-electron chi connectivity index (χ1n) is 25.4. The first-order chi connectivity index (χ1) is 31.2. The van der Waals surface area contributed by atoms with Gasteiger partial charge in [0.05, 0.1) is 13.2 Å². The Morgan fingerprint density at radius 2 is 0.531 bits per heavy atom. The lowest BCUT2D eigenvalue weighted by molar-refractivity contribution is -0.181. The highest BCUT2D eigenvalue weighted by Crippen LogP contribution is 2.16. The molecule has 0 spiro atoms. The first-order valence-corrected chi connectivity index (χ1v) is 25.4. The molecule has 4 unspecified atom stereocenters. The van der Waals surface area contributed by atoms with Crippen LogP contribution in [0.2, 0.25) is 0 Å². The first kappa shape index (κ1) is 63.7. The standard InChI is InChI=1S/C27H52O7.C23H44O7/c1-4-6-8-10-12-14-16-18-20-32-24(26(28)29)25(27(30)34-23-22-31-3)33-21-19-17-15-13-11-9-7-5-2;1-4-6-8-10-12-14-16-28-20(22(24)25)21(23(26)30-19-18-27-3)29-17-15-13-11-9-7-5-2/h24-25H,4-23H2,1-3H3,(H,28,29);20-21H,4-19H2,1-3H3,(H,24,25). The van der Waals surface area contributed by atoms with Crippen LogP contribution in [-0.4, -0.2) is 126 Å². The van der Waals surface area contributed by atoms with Gasteiger partial charge in [0, 0.05) is 40.6 Å². The van der Waals surface area contributed by atoms with E-state index in [0.29, 0.717) is 13.2 Å². The van der Waals surface area contributed by atoms with Gasteiger partial charge < -0.3 is 48.1 Å². The van der Waals surface area contributed by atoms with Crippen molar-refractivity contribution < 1.29 is 67.3 Å². The normalized spacial score (nSPS) is 13.1. The predicted octanol–water partition coefficient (Wildman–Crippen LogP) is 11.1. The second-order valence-corrected chi connectivity index (χ2v) is 16.6. The van der Waals surface area contributed by atoms with Crippen LogP contribution in [0.15, 0.2) is 0 Å². The lowest BCUT2D eigenvalue weighted by atomic mass is 10.1. The average Bonchev–Trinajstić information content (AvgIpc) is 3.28. The van der Waals surface area contributed by atoms with E-state index in [1.54, 1.807) is 0 Å². The Hall–Kier alpha value is -2.36. The van der Waals surface area contributed by atoms with E-state index in [-0.39, 0.29) is 39.6 Å². The molecule has 14 nitrogen and oxygen atoms in total. The number of carboxylic acids is 2. The van der Waals surface area contributed by atoms with Crippen LogP contribution < -0.4 is 0 Å². The maximum Gasteiger partial charge on any atom is 0.338 e. The molecule has 0 aromatic carbocycles. The van der Waals surface area contributed by atoms with Crippen LogP contribution in [0.1, 0.15) is 207 Å². The average molecular weight is 921 g/mol. The van der Waals surface area contributed by atoms with Gasteiger partial charge in [0.1, 0.15) is 13.2 Å². The summed E-state index contributed by atoms with van der Waals surface area (Å²) in [6.07, 6.45) is 25.8. The lowest BCUT2D eigenvalue weighted by Gasteiger charge is -2.23. The molecule has 2 N–H and O–H groups in total. The van der Waals surface area contributed by atoms with E-state index in [4.69, 9.17) is 37.9 Å². The minimum Gasteiger partial charge on any atom is -0.479 e. The molecule has 0 saturated heterocycles. The summed E-state index contributed by atoms with van der Waals surface area (Å²) in [5, 5.41) is 19.3. The fourth-order valence-corrected chi connectivity index (χ4v) is 6.83. The third-order valence-electron chi connectivity index (χ3n) is 10.7. The van der Waals surface area contributed by atoms with Crippen LogP contribution in [0.4, 0.5) is 0 Å². The molecule has 0 aromatic heterocycles. The Morgan fingerprint density at radius 3 is 0.750 bits per heavy atom. The Labute approximate surface area is 389 Å². The summed E-state index contributed by atoms with van der Waals surface area (Å²) in [6.45, 7) is 10.5. The van der Waals surface area contributed by atoms with Gasteiger partial charge in [0.2, 0.25) is 0 Å². The van der Waals surface area contributed by atoms with Crippen LogP contribution in [0.5, 0.6) is 0 Å². The van der Waals surface area contributed by atoms with E-state index in [1.165, 1.54) is 117 Å². The van der Waals surface area contributed by atoms with E-state index in [1.807, 2.05) is 0 Å². The molecule has 0 bridgehead atoms. The zero-order chi connectivity index (χ0) is 47.7. The highest BCUT2D eigenvalue weighted by Gasteiger charge is 2.38. The number of carbonyl (C=O) groups excluding carboxylic acids is 2. The van der Waals surface area contributed by atoms with Gasteiger partial charge in [-0.15, -0.1) is 0 Å². The second-order valence-electron chi connectivity index (χ2n) is 16.6. The van der Waals surface area contributed by atoms with Gasteiger partial charge in [-0.2, -0.15) is 0 Å². The fourth-order valence-electron chi connectivity index (χ4n) is 6.83. The van der Waals surface area contributed by atoms with E-state index < -0.39 is 48.3 Å². The zero-order valence-corrected chi connectivity index (χ0v) is 41.6. The van der Waals surface area contributed by atoms with Gasteiger partial charge in [-0.05, 0) is 25.7 Å². The number of unbranched alkanes of at least 4 members (excludes halogenated alkanes) is 24. The number of carbonyl (C=O) groups is 4. The van der Waals surface area contributed by atoms with Crippen molar-refractivity contribution >= 4 is 23.9 Å². The summed E-state index contributed by atoms with van der Waals surface area (Å²) < 4.78 is 42.6. The second kappa shape index (κ2) is 50.1. The smallest absolute Gasteiger partial charge is 0.338 e. The van der Waals surface area contributed by atoms with Crippen LogP contribution in [0.25, 0.3) is 0 Å². The highest BCUT2D eigenvalue weighted by atomic mass is 16.6. The van der Waals surface area contributed by atoms with Gasteiger partial charge in [-0.1, -0.05) is 182 Å². The number of hydrogen-bond donors (Lipinski definition) is 2. The molecule has 0 aliphatic carbocycles. The lowest BCUT2D eigenvalue weighted by Crippen LogP contribution is -2.45. The van der Waals surface area contributed by atoms with Crippen molar-refractivity contribution in [2.24, 2.45) is 0 Å². The van der Waals surface area contributed by atoms with Crippen molar-refractivity contribution in [3.63, 3.8) is 0 Å². The van der Waals surface area contributed by atoms with E-state index in [0.717, 1.165) is 77.0 Å². The minimum absolute atomic E-state index is 0.0516. The quantitative estimate of drug-likeness (QED) is 0.0434. The number of esters is 2. The monoisotopic (exact) mass is 921 g/mol. The Kier molecular flexibility index (Phi) is 49.8. The highest BCUT2D eigenvalue weighted by molar-refractivity contribution is 5.85. The van der Waals surface area contributed by atoms with Crippen molar-refractivity contribution in [2.45, 2.75) is 232 Å². The molecule has 0 amide bonds. The van der Waals surface area contributed by atoms with Crippen molar-refractivity contribution in [2.75, 3.05) is 67.1 Å². The molecule has 0 saturated carbocycles. The molecular formula is C50H96O14. The maximum atomic E-state index is 12.5. The summed E-state index contributed by atoms with van der Waals surface area (Å²) in [4.78, 5) is 48.6. The number of rotatable bonds is 48. The Morgan fingerprint density at radius 1 is 0.312 bits per heavy atom. The molecular weight excluding hydrogens is 825 g/mol. The molecule has 14 heteroatoms. The number of aliphatic carboxylic acids is 2. The molecule has 64 heavy (non-hydrogen) atoms. The SMILES string of the molecule is CCCCCCCCCCOC(C(=O)O)C(OCCCCCCCCCC)C(=O)OCCOC.CCCCCCCCOC(C(=O)O)C(OCCCCCCCC)C(=O)OCCOC. The van der Waals surface area contributed by atoms with Gasteiger partial charge in [0.25, 0.3) is 0 Å². The fraction of sp³-hybridized carbons (Fsp3) is 0.920. The van der Waals surface area contributed by atoms with Gasteiger partial charge >= 0.3 is 23.9 Å². The molecule has 0 rings (SSSR count). The number of hydrogen-bond acceptors (Lipinski definition) is 12. The van der Waals surface area contributed by atoms with Crippen LogP contribution >= 0.6 is 0 Å². The third-order valence-corrected chi connectivity index (χ3v) is 10.7.